The first-order valence-corrected chi connectivity index (χ1v) is 21.3. The van der Waals surface area contributed by atoms with Gasteiger partial charge in [0.1, 0.15) is 0 Å². The van der Waals surface area contributed by atoms with Crippen LogP contribution in [0.2, 0.25) is 0 Å². The fourth-order valence-electron chi connectivity index (χ4n) is 8.48. The van der Waals surface area contributed by atoms with Crippen LogP contribution in [-0.4, -0.2) is 62.9 Å². The third kappa shape index (κ3) is 10.2. The third-order valence-corrected chi connectivity index (χ3v) is 14.0. The molecule has 284 valence electrons. The zero-order chi connectivity index (χ0) is 36.9. The molecule has 0 radical (unpaired) electrons. The summed E-state index contributed by atoms with van der Waals surface area (Å²) in [5, 5.41) is 0. The Bertz CT molecular complexity index is 1350. The number of hydrogen-bond donors (Lipinski definition) is 0. The highest BCUT2D eigenvalue weighted by Crippen LogP contribution is 2.47. The molecule has 8 heteroatoms. The first kappa shape index (κ1) is 41.0. The van der Waals surface area contributed by atoms with Crippen LogP contribution in [0.3, 0.4) is 0 Å². The Morgan fingerprint density at radius 3 is 2.30 bits per heavy atom. The van der Waals surface area contributed by atoms with Gasteiger partial charge in [0.2, 0.25) is 0 Å². The highest BCUT2D eigenvalue weighted by molar-refractivity contribution is 7.91. The van der Waals surface area contributed by atoms with Crippen LogP contribution in [0.5, 0.6) is 0 Å². The second-order valence-corrected chi connectivity index (χ2v) is 19.2. The maximum absolute atomic E-state index is 13.6. The zero-order valence-electron chi connectivity index (χ0n) is 32.6. The van der Waals surface area contributed by atoms with E-state index in [0.29, 0.717) is 17.4 Å². The molecule has 0 spiro atoms. The minimum atomic E-state index is -3.44. The highest BCUT2D eigenvalue weighted by Gasteiger charge is 2.52. The molecule has 0 aromatic heterocycles. The predicted octanol–water partition coefficient (Wildman–Crippen LogP) is 9.38. The van der Waals surface area contributed by atoms with Crippen LogP contribution in [0, 0.1) is 35.0 Å². The summed E-state index contributed by atoms with van der Waals surface area (Å²) in [6, 6.07) is 8.86. The maximum atomic E-state index is 13.6. The van der Waals surface area contributed by atoms with Crippen LogP contribution in [0.15, 0.2) is 47.4 Å². The largest absolute Gasteiger partial charge is 0.465 e. The number of ether oxygens (including phenoxy) is 4. The van der Waals surface area contributed by atoms with Gasteiger partial charge in [0.15, 0.2) is 9.84 Å². The number of carbonyl (C=O) groups excluding carboxylic acids is 1. The molecule has 3 heterocycles. The Hall–Kier alpha value is -1.74. The lowest BCUT2D eigenvalue weighted by Gasteiger charge is -2.42. The van der Waals surface area contributed by atoms with Crippen molar-refractivity contribution in [2.45, 2.75) is 168 Å². The first-order valence-electron chi connectivity index (χ1n) is 19.6. The Labute approximate surface area is 304 Å². The van der Waals surface area contributed by atoms with Crippen molar-refractivity contribution in [3.8, 4) is 0 Å². The van der Waals surface area contributed by atoms with E-state index in [1.807, 2.05) is 26.8 Å². The molecule has 3 saturated heterocycles. The van der Waals surface area contributed by atoms with Gasteiger partial charge in [0, 0.05) is 12.3 Å². The van der Waals surface area contributed by atoms with Gasteiger partial charge in [-0.25, -0.2) is 8.42 Å². The van der Waals surface area contributed by atoms with Crippen LogP contribution >= 0.6 is 0 Å². The topological polar surface area (TPSA) is 88.1 Å². The van der Waals surface area contributed by atoms with Crippen LogP contribution in [0.4, 0.5) is 0 Å². The molecule has 0 bridgehead atoms. The molecule has 0 amide bonds. The average molecular weight is 717 g/mol. The molecule has 1 aromatic carbocycles. The number of hydrogen-bond acceptors (Lipinski definition) is 7. The molecule has 7 nitrogen and oxygen atoms in total. The van der Waals surface area contributed by atoms with Gasteiger partial charge in [0.25, 0.3) is 0 Å². The van der Waals surface area contributed by atoms with Crippen molar-refractivity contribution < 1.29 is 32.2 Å². The van der Waals surface area contributed by atoms with Gasteiger partial charge in [-0.1, -0.05) is 78.3 Å². The maximum Gasteiger partial charge on any atom is 0.311 e. The zero-order valence-corrected chi connectivity index (χ0v) is 33.4. The van der Waals surface area contributed by atoms with Crippen molar-refractivity contribution in [2.75, 3.05) is 12.4 Å². The number of benzene rings is 1. The van der Waals surface area contributed by atoms with Crippen LogP contribution < -0.4 is 0 Å². The minimum absolute atomic E-state index is 0.0635. The summed E-state index contributed by atoms with van der Waals surface area (Å²) >= 11 is 0. The summed E-state index contributed by atoms with van der Waals surface area (Å²) in [6.07, 6.45) is 9.44. The normalized spacial score (nSPS) is 31.9. The lowest BCUT2D eigenvalue weighted by Crippen LogP contribution is -2.48. The Kier molecular flexibility index (Phi) is 14.3. The molecule has 4 rings (SSSR count). The summed E-state index contributed by atoms with van der Waals surface area (Å²) in [5.41, 5.74) is 0.442. The van der Waals surface area contributed by atoms with E-state index in [0.717, 1.165) is 64.2 Å². The summed E-state index contributed by atoms with van der Waals surface area (Å²) in [6.45, 7) is 24.0. The quantitative estimate of drug-likeness (QED) is 0.0902. The van der Waals surface area contributed by atoms with Crippen LogP contribution in [0.1, 0.15) is 127 Å². The lowest BCUT2D eigenvalue weighted by molar-refractivity contribution is -0.170. The molecule has 0 N–H and O–H groups in total. The Balaban J connectivity index is 1.34. The summed E-state index contributed by atoms with van der Waals surface area (Å²) < 4.78 is 52.9. The lowest BCUT2D eigenvalue weighted by atomic mass is 9.79. The van der Waals surface area contributed by atoms with Gasteiger partial charge in [-0.3, -0.25) is 4.79 Å². The van der Waals surface area contributed by atoms with Crippen molar-refractivity contribution in [2.24, 2.45) is 35.0 Å². The highest BCUT2D eigenvalue weighted by atomic mass is 32.2. The first-order chi connectivity index (χ1) is 23.5. The van der Waals surface area contributed by atoms with Crippen molar-refractivity contribution in [1.82, 2.24) is 0 Å². The minimum Gasteiger partial charge on any atom is -0.465 e. The van der Waals surface area contributed by atoms with Crippen molar-refractivity contribution >= 4 is 15.8 Å². The van der Waals surface area contributed by atoms with Gasteiger partial charge >= 0.3 is 5.97 Å². The molecule has 3 aliphatic rings. The van der Waals surface area contributed by atoms with E-state index in [1.165, 1.54) is 5.57 Å². The summed E-state index contributed by atoms with van der Waals surface area (Å²) in [7, 11) is -3.44. The van der Waals surface area contributed by atoms with Crippen LogP contribution in [-0.2, 0) is 33.6 Å². The van der Waals surface area contributed by atoms with Gasteiger partial charge in [-0.2, -0.15) is 0 Å². The van der Waals surface area contributed by atoms with Crippen molar-refractivity contribution in [3.05, 3.63) is 42.5 Å². The average Bonchev–Trinajstić information content (AvgIpc) is 3.58. The predicted molar refractivity (Wildman–Crippen MR) is 201 cm³/mol. The molecule has 0 aliphatic carbocycles. The Morgan fingerprint density at radius 2 is 1.66 bits per heavy atom. The van der Waals surface area contributed by atoms with E-state index < -0.39 is 15.3 Å². The number of fused-ring (bicyclic) bond motifs is 1. The molecule has 1 unspecified atom stereocenters. The monoisotopic (exact) mass is 716 g/mol. The van der Waals surface area contributed by atoms with E-state index in [4.69, 9.17) is 18.9 Å². The number of carbonyl (C=O) groups is 1. The molecule has 3 aliphatic heterocycles. The van der Waals surface area contributed by atoms with Crippen molar-refractivity contribution in [3.63, 3.8) is 0 Å². The Morgan fingerprint density at radius 1 is 0.980 bits per heavy atom. The SMILES string of the molecule is C=C([C@H](C)CC1O[C@H](C[C@H](C)CC)[C@H](C)[C@H]1CS(=O)(=O)c1ccccc1)[C@H](C)C[C@H]1CC[C@@H]2O[C@@H](CCCOC(=O)C(C)(C)C)C[C@]2(CC)O1. The molecule has 1 aromatic rings. The van der Waals surface area contributed by atoms with E-state index in [1.54, 1.807) is 24.3 Å². The number of esters is 1. The summed E-state index contributed by atoms with van der Waals surface area (Å²) in [4.78, 5) is 12.5. The van der Waals surface area contributed by atoms with Crippen molar-refractivity contribution in [1.29, 1.82) is 0 Å². The second kappa shape index (κ2) is 17.4. The molecular weight excluding hydrogens is 649 g/mol. The standard InChI is InChI=1S/C42H68O7S/c1-11-28(3)23-37-32(7)36(27-50(44,45)35-18-14-13-15-19-35)38(48-37)25-30(5)31(6)29(4)24-33-20-21-39-42(12-2,49-33)26-34(47-39)17-16-22-46-40(43)41(8,9)10/h13-15,18-19,28-30,32-34,36-39H,6,11-12,16-17,20-27H2,1-5,7-10H3/t28-,29-,30-,32-,33-,34+,36-,37-,38?,39+,42+/m1/s1. The second-order valence-electron chi connectivity index (χ2n) is 17.1. The van der Waals surface area contributed by atoms with E-state index >= 15 is 0 Å². The molecular formula is C42H68O7S. The molecule has 11 atom stereocenters. The molecule has 3 fully saturated rings. The third-order valence-electron chi connectivity index (χ3n) is 12.2. The molecule has 50 heavy (non-hydrogen) atoms. The van der Waals surface area contributed by atoms with Gasteiger partial charge in [-0.15, -0.1) is 0 Å². The fraction of sp³-hybridized carbons (Fsp3) is 0.786. The van der Waals surface area contributed by atoms with Gasteiger partial charge in [-0.05, 0) is 108 Å². The molecule has 0 saturated carbocycles. The van der Waals surface area contributed by atoms with Gasteiger partial charge < -0.3 is 18.9 Å². The summed E-state index contributed by atoms with van der Waals surface area (Å²) in [5.74, 6) is 1.02. The van der Waals surface area contributed by atoms with E-state index in [9.17, 15) is 13.2 Å². The number of allylic oxidation sites excluding steroid dienone is 1. The van der Waals surface area contributed by atoms with E-state index in [2.05, 4.69) is 48.1 Å². The smallest absolute Gasteiger partial charge is 0.311 e. The van der Waals surface area contributed by atoms with E-state index in [-0.39, 0.29) is 71.5 Å². The fourth-order valence-corrected chi connectivity index (χ4v) is 10.3. The van der Waals surface area contributed by atoms with Crippen LogP contribution in [0.25, 0.3) is 0 Å². The number of sulfone groups is 1. The number of rotatable bonds is 17. The van der Waals surface area contributed by atoms with Gasteiger partial charge in [0.05, 0.1) is 58.8 Å².